The standard InChI is InChI=1S/C15H29O6P/c1-5-7-9-20-22(17,21-10-8-6-2)15(3,4)14(16)19-12-13-11-18-13/h13H,5-12H2,1-4H3. The van der Waals surface area contributed by atoms with Crippen LogP contribution in [0.1, 0.15) is 53.4 Å². The first-order valence-corrected chi connectivity index (χ1v) is 9.59. The molecule has 0 saturated carbocycles. The lowest BCUT2D eigenvalue weighted by atomic mass is 10.2. The Balaban J connectivity index is 2.70. The number of carbonyl (C=O) groups is 1. The molecule has 0 aromatic heterocycles. The summed E-state index contributed by atoms with van der Waals surface area (Å²) in [6.45, 7) is 8.55. The minimum Gasteiger partial charge on any atom is -0.462 e. The van der Waals surface area contributed by atoms with Crippen molar-refractivity contribution in [3.05, 3.63) is 0 Å². The third-order valence-electron chi connectivity index (χ3n) is 3.51. The summed E-state index contributed by atoms with van der Waals surface area (Å²) in [6.07, 6.45) is 3.34. The highest BCUT2D eigenvalue weighted by Gasteiger charge is 2.51. The van der Waals surface area contributed by atoms with Crippen molar-refractivity contribution in [1.82, 2.24) is 0 Å². The van der Waals surface area contributed by atoms with E-state index in [4.69, 9.17) is 18.5 Å². The molecule has 0 bridgehead atoms. The van der Waals surface area contributed by atoms with Crippen LogP contribution in [-0.4, -0.2) is 43.7 Å². The third-order valence-corrected chi connectivity index (χ3v) is 6.10. The van der Waals surface area contributed by atoms with Crippen LogP contribution in [0.4, 0.5) is 0 Å². The van der Waals surface area contributed by atoms with E-state index < -0.39 is 18.7 Å². The molecule has 0 spiro atoms. The van der Waals surface area contributed by atoms with Crippen molar-refractivity contribution in [2.45, 2.75) is 64.6 Å². The first-order chi connectivity index (χ1) is 10.4. The minimum absolute atomic E-state index is 0.0267. The van der Waals surface area contributed by atoms with Crippen LogP contribution >= 0.6 is 7.60 Å². The average Bonchev–Trinajstić information content (AvgIpc) is 3.29. The summed E-state index contributed by atoms with van der Waals surface area (Å²) >= 11 is 0. The van der Waals surface area contributed by atoms with Gasteiger partial charge < -0.3 is 18.5 Å². The molecule has 1 saturated heterocycles. The molecule has 1 aliphatic rings. The van der Waals surface area contributed by atoms with Crippen LogP contribution in [0.25, 0.3) is 0 Å². The Kier molecular flexibility index (Phi) is 8.04. The van der Waals surface area contributed by atoms with Gasteiger partial charge >= 0.3 is 13.6 Å². The zero-order valence-corrected chi connectivity index (χ0v) is 15.0. The Labute approximate surface area is 133 Å². The van der Waals surface area contributed by atoms with E-state index in [0.717, 1.165) is 25.7 Å². The van der Waals surface area contributed by atoms with Crippen LogP contribution in [0.3, 0.4) is 0 Å². The molecule has 0 amide bonds. The van der Waals surface area contributed by atoms with Crippen LogP contribution in [0.2, 0.25) is 0 Å². The predicted octanol–water partition coefficient (Wildman–Crippen LogP) is 3.53. The SMILES string of the molecule is CCCCOP(=O)(OCCCC)C(C)(C)C(=O)OCC1CO1. The number of hydrogen-bond donors (Lipinski definition) is 0. The van der Waals surface area contributed by atoms with Crippen LogP contribution in [0.15, 0.2) is 0 Å². The van der Waals surface area contributed by atoms with Crippen molar-refractivity contribution in [2.24, 2.45) is 0 Å². The van der Waals surface area contributed by atoms with Crippen molar-refractivity contribution in [3.63, 3.8) is 0 Å². The van der Waals surface area contributed by atoms with Crippen molar-refractivity contribution in [3.8, 4) is 0 Å². The summed E-state index contributed by atoms with van der Waals surface area (Å²) < 4.78 is 34.4. The zero-order valence-electron chi connectivity index (χ0n) is 14.1. The smallest absolute Gasteiger partial charge is 0.347 e. The molecule has 1 atom stereocenters. The normalized spacial score (nSPS) is 18.3. The van der Waals surface area contributed by atoms with E-state index in [1.54, 1.807) is 13.8 Å². The fourth-order valence-electron chi connectivity index (χ4n) is 1.64. The van der Waals surface area contributed by atoms with Crippen LogP contribution in [0, 0.1) is 0 Å². The third kappa shape index (κ3) is 5.65. The van der Waals surface area contributed by atoms with Crippen molar-refractivity contribution in [1.29, 1.82) is 0 Å². The van der Waals surface area contributed by atoms with E-state index in [2.05, 4.69) is 0 Å². The van der Waals surface area contributed by atoms with Gasteiger partial charge in [-0.1, -0.05) is 26.7 Å². The Bertz CT molecular complexity index is 377. The monoisotopic (exact) mass is 336 g/mol. The molecular weight excluding hydrogens is 307 g/mol. The number of ether oxygens (including phenoxy) is 2. The molecule has 130 valence electrons. The number of unbranched alkanes of at least 4 members (excludes halogenated alkanes) is 2. The van der Waals surface area contributed by atoms with E-state index in [1.807, 2.05) is 13.8 Å². The maximum Gasteiger partial charge on any atom is 0.347 e. The lowest BCUT2D eigenvalue weighted by Crippen LogP contribution is -2.36. The van der Waals surface area contributed by atoms with Gasteiger partial charge in [-0.05, 0) is 26.7 Å². The second-order valence-corrected chi connectivity index (χ2v) is 8.61. The lowest BCUT2D eigenvalue weighted by Gasteiger charge is -2.31. The van der Waals surface area contributed by atoms with E-state index in [-0.39, 0.29) is 12.7 Å². The van der Waals surface area contributed by atoms with Gasteiger partial charge in [0, 0.05) is 0 Å². The molecule has 1 heterocycles. The molecule has 0 aliphatic carbocycles. The maximum atomic E-state index is 13.1. The minimum atomic E-state index is -3.59. The molecule has 1 unspecified atom stereocenters. The summed E-state index contributed by atoms with van der Waals surface area (Å²) in [7, 11) is -3.59. The first kappa shape index (κ1) is 19.6. The van der Waals surface area contributed by atoms with Gasteiger partial charge in [-0.25, -0.2) is 0 Å². The molecule has 1 rings (SSSR count). The Morgan fingerprint density at radius 3 is 2.09 bits per heavy atom. The number of esters is 1. The molecule has 0 aromatic carbocycles. The molecule has 1 fully saturated rings. The molecule has 1 aliphatic heterocycles. The summed E-state index contributed by atoms with van der Waals surface area (Å²) in [4.78, 5) is 12.3. The van der Waals surface area contributed by atoms with Crippen LogP contribution in [0.5, 0.6) is 0 Å². The molecule has 0 aromatic rings. The Morgan fingerprint density at radius 1 is 1.18 bits per heavy atom. The van der Waals surface area contributed by atoms with Gasteiger partial charge in [0.15, 0.2) is 5.16 Å². The molecule has 7 heteroatoms. The van der Waals surface area contributed by atoms with Gasteiger partial charge in [-0.15, -0.1) is 0 Å². The fraction of sp³-hybridized carbons (Fsp3) is 0.933. The number of hydrogen-bond acceptors (Lipinski definition) is 6. The highest BCUT2D eigenvalue weighted by Crippen LogP contribution is 2.60. The van der Waals surface area contributed by atoms with Gasteiger partial charge in [-0.2, -0.15) is 0 Å². The molecule has 6 nitrogen and oxygen atoms in total. The maximum absolute atomic E-state index is 13.1. The van der Waals surface area contributed by atoms with E-state index >= 15 is 0 Å². The number of rotatable bonds is 12. The Hall–Kier alpha value is -0.420. The van der Waals surface area contributed by atoms with Crippen LogP contribution < -0.4 is 0 Å². The topological polar surface area (TPSA) is 74.4 Å². The summed E-state index contributed by atoms with van der Waals surface area (Å²) in [6, 6.07) is 0. The highest BCUT2D eigenvalue weighted by atomic mass is 31.2. The van der Waals surface area contributed by atoms with Crippen molar-refractivity contribution < 1.29 is 27.9 Å². The van der Waals surface area contributed by atoms with E-state index in [1.165, 1.54) is 0 Å². The van der Waals surface area contributed by atoms with E-state index in [0.29, 0.717) is 19.8 Å². The van der Waals surface area contributed by atoms with Gasteiger partial charge in [0.1, 0.15) is 12.7 Å². The average molecular weight is 336 g/mol. The molecule has 22 heavy (non-hydrogen) atoms. The number of carbonyl (C=O) groups excluding carboxylic acids is 1. The summed E-state index contributed by atoms with van der Waals surface area (Å²) in [5, 5.41) is -1.33. The van der Waals surface area contributed by atoms with Gasteiger partial charge in [-0.3, -0.25) is 9.36 Å². The van der Waals surface area contributed by atoms with E-state index in [9.17, 15) is 9.36 Å². The molecule has 0 radical (unpaired) electrons. The van der Waals surface area contributed by atoms with Crippen molar-refractivity contribution >= 4 is 13.6 Å². The first-order valence-electron chi connectivity index (χ1n) is 8.05. The van der Waals surface area contributed by atoms with Gasteiger partial charge in [0.2, 0.25) is 0 Å². The zero-order chi connectivity index (χ0) is 16.6. The predicted molar refractivity (Wildman–Crippen MR) is 84.1 cm³/mol. The Morgan fingerprint density at radius 2 is 1.68 bits per heavy atom. The fourth-order valence-corrected chi connectivity index (χ4v) is 3.39. The van der Waals surface area contributed by atoms with Crippen LogP contribution in [-0.2, 0) is 27.9 Å². The summed E-state index contributed by atoms with van der Waals surface area (Å²) in [5.74, 6) is -0.570. The van der Waals surface area contributed by atoms with Gasteiger partial charge in [0.25, 0.3) is 0 Å². The lowest BCUT2D eigenvalue weighted by molar-refractivity contribution is -0.147. The second-order valence-electron chi connectivity index (χ2n) is 5.98. The highest BCUT2D eigenvalue weighted by molar-refractivity contribution is 7.56. The summed E-state index contributed by atoms with van der Waals surface area (Å²) in [5.41, 5.74) is 0. The second kappa shape index (κ2) is 9.02. The molecular formula is C15H29O6P. The quantitative estimate of drug-likeness (QED) is 0.235. The number of epoxide rings is 1. The largest absolute Gasteiger partial charge is 0.462 e. The molecule has 0 N–H and O–H groups in total. The van der Waals surface area contributed by atoms with Crippen molar-refractivity contribution in [2.75, 3.05) is 26.4 Å². The van der Waals surface area contributed by atoms with Gasteiger partial charge in [0.05, 0.1) is 19.8 Å².